The fourth-order valence-electron chi connectivity index (χ4n) is 5.35. The lowest BCUT2D eigenvalue weighted by Crippen LogP contribution is -2.28. The number of allylic oxidation sites excluding steroid dienone is 3. The van der Waals surface area contributed by atoms with Crippen LogP contribution in [0, 0.1) is 5.92 Å². The van der Waals surface area contributed by atoms with Crippen LogP contribution in [0.4, 0.5) is 5.69 Å². The van der Waals surface area contributed by atoms with Crippen LogP contribution in [0.2, 0.25) is 0 Å². The summed E-state index contributed by atoms with van der Waals surface area (Å²) in [5.74, 6) is 1.68. The molecule has 0 aromatic heterocycles. The quantitative estimate of drug-likeness (QED) is 0.565. The molecule has 1 atom stereocenters. The largest absolute Gasteiger partial charge is 0.497 e. The number of benzene rings is 2. The van der Waals surface area contributed by atoms with Gasteiger partial charge in [-0.1, -0.05) is 0 Å². The molecule has 4 aliphatic rings. The first kappa shape index (κ1) is 24.5. The first-order chi connectivity index (χ1) is 19.0. The lowest BCUT2D eigenvalue weighted by Gasteiger charge is -2.29. The second-order valence-electron chi connectivity index (χ2n) is 9.07. The fourth-order valence-corrected chi connectivity index (χ4v) is 5.35. The SMILES string of the molecule is COc1ccc(N2CC3=C(C(=O)O)C(c4cc(OC)c(OC)c(OC)c4)=C4C=C5OCOC5=CC4C3=N2)cc1. The average Bonchev–Trinajstić information content (AvgIpc) is 3.61. The Labute approximate surface area is 224 Å². The van der Waals surface area contributed by atoms with Crippen LogP contribution in [0.1, 0.15) is 5.56 Å². The van der Waals surface area contributed by atoms with Crippen LogP contribution in [-0.4, -0.2) is 58.6 Å². The molecule has 1 N–H and O–H groups in total. The molecule has 1 saturated heterocycles. The van der Waals surface area contributed by atoms with E-state index in [0.717, 1.165) is 17.0 Å². The number of rotatable bonds is 7. The molecule has 2 aromatic carbocycles. The smallest absolute Gasteiger partial charge is 0.336 e. The Bertz CT molecular complexity index is 1510. The standard InChI is InChI=1S/C29H26N2O8/c1-34-17-7-5-16(6-8-17)31-13-20-26(29(32)33)25(15-9-23(35-2)28(37-4)24(10-15)36-3)18-11-21-22(39-14-38-21)12-19(18)27(20)30-31/h5-12,19H,13-14H2,1-4H3,(H,32,33). The monoisotopic (exact) mass is 530 g/mol. The highest BCUT2D eigenvalue weighted by atomic mass is 16.7. The number of hydrazone groups is 1. The van der Waals surface area contributed by atoms with E-state index >= 15 is 0 Å². The molecule has 2 aromatic rings. The summed E-state index contributed by atoms with van der Waals surface area (Å²) < 4.78 is 33.3. The molecule has 39 heavy (non-hydrogen) atoms. The number of carbonyl (C=O) groups is 1. The van der Waals surface area contributed by atoms with Crippen LogP contribution < -0.4 is 24.0 Å². The van der Waals surface area contributed by atoms with Gasteiger partial charge in [0.25, 0.3) is 0 Å². The van der Waals surface area contributed by atoms with Crippen LogP contribution in [0.15, 0.2) is 81.9 Å². The van der Waals surface area contributed by atoms with Crippen LogP contribution in [0.25, 0.3) is 5.57 Å². The minimum absolute atomic E-state index is 0.0910. The third-order valence-corrected chi connectivity index (χ3v) is 7.13. The lowest BCUT2D eigenvalue weighted by molar-refractivity contribution is -0.132. The molecule has 1 unspecified atom stereocenters. The minimum Gasteiger partial charge on any atom is -0.497 e. The Morgan fingerprint density at radius 1 is 0.974 bits per heavy atom. The molecule has 2 aliphatic carbocycles. The van der Waals surface area contributed by atoms with Gasteiger partial charge in [0.1, 0.15) is 5.75 Å². The van der Waals surface area contributed by atoms with E-state index in [1.54, 1.807) is 24.3 Å². The number of aliphatic carboxylic acids is 1. The molecule has 0 amide bonds. The minimum atomic E-state index is -1.07. The second-order valence-corrected chi connectivity index (χ2v) is 9.07. The van der Waals surface area contributed by atoms with E-state index in [1.165, 1.54) is 21.3 Å². The Balaban J connectivity index is 1.58. The third-order valence-electron chi connectivity index (χ3n) is 7.13. The van der Waals surface area contributed by atoms with E-state index < -0.39 is 5.97 Å². The number of carboxylic acid groups (broad SMARTS) is 1. The van der Waals surface area contributed by atoms with Gasteiger partial charge in [0, 0.05) is 11.1 Å². The van der Waals surface area contributed by atoms with Crippen molar-refractivity contribution in [1.29, 1.82) is 0 Å². The Morgan fingerprint density at radius 2 is 1.67 bits per heavy atom. The molecule has 10 heteroatoms. The van der Waals surface area contributed by atoms with E-state index in [1.807, 2.05) is 36.4 Å². The topological polar surface area (TPSA) is 108 Å². The molecule has 0 saturated carbocycles. The summed E-state index contributed by atoms with van der Waals surface area (Å²) in [4.78, 5) is 13.0. The molecule has 2 heterocycles. The zero-order valence-corrected chi connectivity index (χ0v) is 21.8. The molecule has 0 radical (unpaired) electrons. The molecule has 10 nitrogen and oxygen atoms in total. The summed E-state index contributed by atoms with van der Waals surface area (Å²) in [6, 6.07) is 11.0. The second kappa shape index (κ2) is 9.46. The number of methoxy groups -OCH3 is 4. The van der Waals surface area contributed by atoms with Gasteiger partial charge in [0.15, 0.2) is 23.0 Å². The third kappa shape index (κ3) is 3.87. The van der Waals surface area contributed by atoms with Gasteiger partial charge < -0.3 is 33.5 Å². The number of hydrogen-bond acceptors (Lipinski definition) is 9. The molecule has 1 fully saturated rings. The van der Waals surface area contributed by atoms with Crippen molar-refractivity contribution in [2.45, 2.75) is 0 Å². The van der Waals surface area contributed by atoms with Gasteiger partial charge in [-0.05, 0) is 59.7 Å². The van der Waals surface area contributed by atoms with Gasteiger partial charge in [-0.25, -0.2) is 4.79 Å². The van der Waals surface area contributed by atoms with Crippen molar-refractivity contribution in [1.82, 2.24) is 0 Å². The van der Waals surface area contributed by atoms with E-state index in [9.17, 15) is 9.90 Å². The van der Waals surface area contributed by atoms with Crippen molar-refractivity contribution >= 4 is 22.9 Å². The maximum Gasteiger partial charge on any atom is 0.336 e. The van der Waals surface area contributed by atoms with Crippen molar-refractivity contribution in [3.63, 3.8) is 0 Å². The highest BCUT2D eigenvalue weighted by Gasteiger charge is 2.43. The highest BCUT2D eigenvalue weighted by molar-refractivity contribution is 6.22. The van der Waals surface area contributed by atoms with Crippen LogP contribution >= 0.6 is 0 Å². The summed E-state index contributed by atoms with van der Waals surface area (Å²) in [6.07, 6.45) is 3.77. The van der Waals surface area contributed by atoms with Gasteiger partial charge in [-0.2, -0.15) is 5.10 Å². The summed E-state index contributed by atoms with van der Waals surface area (Å²) in [7, 11) is 6.17. The van der Waals surface area contributed by atoms with E-state index in [4.69, 9.17) is 33.5 Å². The first-order valence-corrected chi connectivity index (χ1v) is 12.2. The maximum absolute atomic E-state index is 13.0. The average molecular weight is 531 g/mol. The Hall–Kier alpha value is -4.86. The Morgan fingerprint density at radius 3 is 2.28 bits per heavy atom. The number of nitrogens with zero attached hydrogens (tertiary/aromatic N) is 2. The Kier molecular flexibility index (Phi) is 5.94. The normalized spacial score (nSPS) is 19.1. The van der Waals surface area contributed by atoms with Crippen LogP contribution in [-0.2, 0) is 14.3 Å². The summed E-state index contributed by atoms with van der Waals surface area (Å²) in [6.45, 7) is 0.367. The molecule has 2 aliphatic heterocycles. The van der Waals surface area contributed by atoms with Crippen molar-refractivity contribution < 1.29 is 38.3 Å². The molecule has 0 bridgehead atoms. The summed E-state index contributed by atoms with van der Waals surface area (Å²) in [5.41, 5.74) is 4.07. The molecule has 200 valence electrons. The number of anilines is 1. The number of ether oxygens (including phenoxy) is 6. The number of carboxylic acids is 1. The maximum atomic E-state index is 13.0. The van der Waals surface area contributed by atoms with Crippen molar-refractivity contribution in [2.75, 3.05) is 46.8 Å². The van der Waals surface area contributed by atoms with Gasteiger partial charge in [-0.15, -0.1) is 0 Å². The zero-order valence-electron chi connectivity index (χ0n) is 21.8. The summed E-state index contributed by atoms with van der Waals surface area (Å²) >= 11 is 0. The first-order valence-electron chi connectivity index (χ1n) is 12.2. The van der Waals surface area contributed by atoms with E-state index in [0.29, 0.717) is 51.2 Å². The predicted molar refractivity (Wildman–Crippen MR) is 142 cm³/mol. The number of hydrogen-bond donors (Lipinski definition) is 1. The van der Waals surface area contributed by atoms with Gasteiger partial charge in [0.2, 0.25) is 12.5 Å². The predicted octanol–water partition coefficient (Wildman–Crippen LogP) is 4.15. The van der Waals surface area contributed by atoms with Crippen LogP contribution in [0.3, 0.4) is 0 Å². The van der Waals surface area contributed by atoms with Gasteiger partial charge in [0.05, 0.1) is 57.9 Å². The summed E-state index contributed by atoms with van der Waals surface area (Å²) in [5, 5.41) is 17.3. The highest BCUT2D eigenvalue weighted by Crippen LogP contribution is 2.49. The van der Waals surface area contributed by atoms with E-state index in [2.05, 4.69) is 0 Å². The van der Waals surface area contributed by atoms with Crippen molar-refractivity contribution in [3.05, 3.63) is 82.4 Å². The van der Waals surface area contributed by atoms with Crippen molar-refractivity contribution in [2.24, 2.45) is 11.0 Å². The lowest BCUT2D eigenvalue weighted by atomic mass is 9.73. The van der Waals surface area contributed by atoms with Gasteiger partial charge in [-0.3, -0.25) is 5.01 Å². The fraction of sp³-hybridized carbons (Fsp3) is 0.241. The molecule has 6 rings (SSSR count). The zero-order chi connectivity index (χ0) is 27.3. The molecule has 0 spiro atoms. The molecular formula is C29H26N2O8. The van der Waals surface area contributed by atoms with Crippen LogP contribution in [0.5, 0.6) is 23.0 Å². The number of fused-ring (bicyclic) bond motifs is 4. The van der Waals surface area contributed by atoms with Gasteiger partial charge >= 0.3 is 5.97 Å². The van der Waals surface area contributed by atoms with Crippen molar-refractivity contribution in [3.8, 4) is 23.0 Å². The molecular weight excluding hydrogens is 504 g/mol. The van der Waals surface area contributed by atoms with E-state index in [-0.39, 0.29) is 24.8 Å².